The number of aliphatic hydroxyl groups is 1. The third-order valence-electron chi connectivity index (χ3n) is 13.3. The number of nitrogens with zero attached hydrogens (tertiary/aromatic N) is 6. The molecule has 2 aliphatic carbocycles. The standard InChI is InChI=1S/C48H54ClN9O5S/c1-48(2)18-16-34(40(27-48)32-6-8-35(49)9-7-32)30-56-20-22-57(23-21-56)36-10-14-39(43(25-36)58-45-24-33-17-19-50-46(33)53-42(45)29-52-58)47(60)54-64(62,63)38-13-15-41(44(26-38)55(3)61)51-28-31-4-11-37(59)12-5-31/h6-10,13-15,17,19,24-26,29,31,37,59H,4-5,11-12,16,18,20-23,27-28,30H2,1-3H3,(H2-,50,51,52,53,54,60,61)/p+1/t31-,37-. The molecule has 0 unspecified atom stereocenters. The predicted octanol–water partition coefficient (Wildman–Crippen LogP) is 8.46. The fraction of sp³-hybridized carbons (Fsp3) is 0.396. The van der Waals surface area contributed by atoms with E-state index in [1.165, 1.54) is 35.9 Å². The molecule has 16 heteroatoms. The monoisotopic (exact) mass is 904 g/mol. The Morgan fingerprint density at radius 1 is 0.984 bits per heavy atom. The lowest BCUT2D eigenvalue weighted by Gasteiger charge is -2.39. The van der Waals surface area contributed by atoms with Crippen molar-refractivity contribution < 1.29 is 23.1 Å². The molecule has 0 spiro atoms. The first-order valence-electron chi connectivity index (χ1n) is 22.1. The van der Waals surface area contributed by atoms with Crippen molar-refractivity contribution >= 4 is 72.2 Å². The highest BCUT2D eigenvalue weighted by molar-refractivity contribution is 7.90. The van der Waals surface area contributed by atoms with Gasteiger partial charge in [0.1, 0.15) is 16.9 Å². The summed E-state index contributed by atoms with van der Waals surface area (Å²) < 4.78 is 32.4. The summed E-state index contributed by atoms with van der Waals surface area (Å²) in [6.07, 6.45) is 9.58. The number of rotatable bonds is 12. The quantitative estimate of drug-likeness (QED) is 0.0875. The van der Waals surface area contributed by atoms with Crippen molar-refractivity contribution in [2.75, 3.05) is 56.5 Å². The Hall–Kier alpha value is -5.61. The Labute approximate surface area is 378 Å². The van der Waals surface area contributed by atoms with Crippen molar-refractivity contribution in [2.45, 2.75) is 69.8 Å². The number of H-pyrrole nitrogens is 1. The second kappa shape index (κ2) is 17.8. The van der Waals surface area contributed by atoms with E-state index in [-0.39, 0.29) is 27.7 Å². The van der Waals surface area contributed by atoms with Gasteiger partial charge in [0, 0.05) is 77.3 Å². The van der Waals surface area contributed by atoms with Crippen LogP contribution in [0.5, 0.6) is 0 Å². The largest absolute Gasteiger partial charge is 0.393 e. The minimum absolute atomic E-state index is 0.101. The Bertz CT molecular complexity index is 2870. The van der Waals surface area contributed by atoms with Crippen molar-refractivity contribution in [1.82, 2.24) is 29.4 Å². The molecule has 4 N–H and O–H groups in total. The Morgan fingerprint density at radius 2 is 1.75 bits per heavy atom. The van der Waals surface area contributed by atoms with Crippen LogP contribution in [0, 0.1) is 16.2 Å². The van der Waals surface area contributed by atoms with Crippen LogP contribution in [0.3, 0.4) is 0 Å². The van der Waals surface area contributed by atoms with Gasteiger partial charge < -0.3 is 20.3 Å². The van der Waals surface area contributed by atoms with E-state index in [1.807, 2.05) is 42.6 Å². The van der Waals surface area contributed by atoms with E-state index in [0.717, 1.165) is 93.8 Å². The minimum atomic E-state index is -4.44. The smallest absolute Gasteiger partial charge is 0.279 e. The number of allylic oxidation sites excluding steroid dienone is 1. The number of hydrogen-bond acceptors (Lipinski definition) is 10. The molecule has 0 atom stereocenters. The highest BCUT2D eigenvalue weighted by atomic mass is 35.5. The molecule has 14 nitrogen and oxygen atoms in total. The number of nitrogens with one attached hydrogen (secondary N) is 3. The highest BCUT2D eigenvalue weighted by Gasteiger charge is 2.31. The number of sulfonamides is 1. The van der Waals surface area contributed by atoms with Crippen LogP contribution in [0.2, 0.25) is 5.02 Å². The van der Waals surface area contributed by atoms with Gasteiger partial charge in [-0.05, 0) is 122 Å². The van der Waals surface area contributed by atoms with Crippen molar-refractivity contribution in [3.05, 3.63) is 112 Å². The Morgan fingerprint density at radius 3 is 2.50 bits per heavy atom. The summed E-state index contributed by atoms with van der Waals surface area (Å²) in [4.78, 5) is 39.4. The number of fused-ring (bicyclic) bond motifs is 2. The molecule has 64 heavy (non-hydrogen) atoms. The predicted molar refractivity (Wildman–Crippen MR) is 252 cm³/mol. The van der Waals surface area contributed by atoms with Crippen LogP contribution in [-0.2, 0) is 10.0 Å². The molecule has 4 heterocycles. The molecular formula is C48H55ClN9O5S+. The number of aromatic amines is 1. The number of aromatic nitrogens is 4. The maximum atomic E-state index is 14.3. The normalized spacial score (nSPS) is 19.6. The second-order valence-corrected chi connectivity index (χ2v) is 20.5. The van der Waals surface area contributed by atoms with E-state index >= 15 is 0 Å². The molecule has 1 amide bonds. The second-order valence-electron chi connectivity index (χ2n) is 18.4. The molecule has 1 saturated carbocycles. The van der Waals surface area contributed by atoms with Gasteiger partial charge in [-0.3, -0.25) is 9.69 Å². The number of aliphatic hydroxyl groups excluding tert-OH is 1. The Balaban J connectivity index is 0.970. The fourth-order valence-corrected chi connectivity index (χ4v) is 10.6. The average Bonchev–Trinajstić information content (AvgIpc) is 3.92. The fourth-order valence-electron chi connectivity index (χ4n) is 9.53. The molecule has 2 fully saturated rings. The van der Waals surface area contributed by atoms with Gasteiger partial charge in [0.25, 0.3) is 21.6 Å². The molecule has 0 radical (unpaired) electrons. The van der Waals surface area contributed by atoms with Gasteiger partial charge in [0.15, 0.2) is 7.05 Å². The summed E-state index contributed by atoms with van der Waals surface area (Å²) >= 11 is 6.26. The summed E-state index contributed by atoms with van der Waals surface area (Å²) in [5.74, 6) is -0.519. The number of halogens is 1. The highest BCUT2D eigenvalue weighted by Crippen LogP contribution is 2.43. The van der Waals surface area contributed by atoms with E-state index in [2.05, 4.69) is 55.9 Å². The van der Waals surface area contributed by atoms with Crippen LogP contribution in [0.4, 0.5) is 17.1 Å². The number of nitroso groups, excluding NO2 is 1. The lowest BCUT2D eigenvalue weighted by Crippen LogP contribution is -2.47. The van der Waals surface area contributed by atoms with Crippen molar-refractivity contribution in [3.63, 3.8) is 0 Å². The molecule has 3 aromatic heterocycles. The van der Waals surface area contributed by atoms with Crippen LogP contribution in [0.25, 0.3) is 33.3 Å². The maximum absolute atomic E-state index is 14.3. The first-order valence-corrected chi connectivity index (χ1v) is 24.0. The van der Waals surface area contributed by atoms with Gasteiger partial charge in [-0.1, -0.05) is 43.2 Å². The SMILES string of the molecule is C[N+](=O)c1cc(S(=O)(=O)NC(=O)c2ccc(N3CCN(CC4=C(c5ccc(Cl)cc5)CC(C)(C)CC4)CC3)cc2-n2ncc3nc4[nH]ccc4cc32)ccc1NC[C@H]1CC[C@H](O)CC1. The van der Waals surface area contributed by atoms with Crippen molar-refractivity contribution in [1.29, 1.82) is 0 Å². The Kier molecular flexibility index (Phi) is 12.1. The third kappa shape index (κ3) is 9.30. The van der Waals surface area contributed by atoms with E-state index in [1.54, 1.807) is 23.0 Å². The van der Waals surface area contributed by atoms with E-state index in [0.29, 0.717) is 45.3 Å². The zero-order chi connectivity index (χ0) is 44.8. The number of amides is 1. The molecule has 1 saturated heterocycles. The molecule has 3 aromatic carbocycles. The number of pyridine rings is 1. The summed E-state index contributed by atoms with van der Waals surface area (Å²) in [6, 6.07) is 21.7. The topological polar surface area (TPSA) is 169 Å². The van der Waals surface area contributed by atoms with Gasteiger partial charge in [0.05, 0.1) is 34.0 Å². The summed E-state index contributed by atoms with van der Waals surface area (Å²) in [5.41, 5.74) is 8.34. The lowest BCUT2D eigenvalue weighted by atomic mass is 9.72. The first-order chi connectivity index (χ1) is 30.7. The number of carbonyl (C=O) groups is 1. The first kappa shape index (κ1) is 43.6. The van der Waals surface area contributed by atoms with E-state index < -0.39 is 15.9 Å². The minimum Gasteiger partial charge on any atom is -0.393 e. The zero-order valence-corrected chi connectivity index (χ0v) is 38.1. The van der Waals surface area contributed by atoms with Crippen LogP contribution < -0.4 is 14.9 Å². The average molecular weight is 906 g/mol. The van der Waals surface area contributed by atoms with E-state index in [9.17, 15) is 23.2 Å². The van der Waals surface area contributed by atoms with Crippen molar-refractivity contribution in [2.24, 2.45) is 11.3 Å². The summed E-state index contributed by atoms with van der Waals surface area (Å²) in [6.45, 7) is 9.37. The van der Waals surface area contributed by atoms with Gasteiger partial charge in [-0.2, -0.15) is 5.10 Å². The number of carbonyl (C=O) groups excluding carboxylic acids is 1. The summed E-state index contributed by atoms with van der Waals surface area (Å²) in [5, 5.41) is 19.5. The summed E-state index contributed by atoms with van der Waals surface area (Å²) in [7, 11) is -3.14. The molecule has 0 bridgehead atoms. The molecule has 3 aliphatic rings. The number of benzene rings is 3. The maximum Gasteiger partial charge on any atom is 0.279 e. The molecule has 9 rings (SSSR count). The molecule has 1 aliphatic heterocycles. The number of piperazine rings is 1. The van der Waals surface area contributed by atoms with Gasteiger partial charge in [0.2, 0.25) is 0 Å². The molecule has 6 aromatic rings. The van der Waals surface area contributed by atoms with Crippen LogP contribution >= 0.6 is 11.6 Å². The number of anilines is 2. The van der Waals surface area contributed by atoms with E-state index in [4.69, 9.17) is 16.6 Å². The zero-order valence-electron chi connectivity index (χ0n) is 36.5. The van der Waals surface area contributed by atoms with Crippen LogP contribution in [-0.4, -0.2) is 101 Å². The third-order valence-corrected chi connectivity index (χ3v) is 14.9. The number of hydrogen-bond donors (Lipinski definition) is 4. The van der Waals surface area contributed by atoms with Gasteiger partial charge in [-0.15, -0.1) is 0 Å². The van der Waals surface area contributed by atoms with Gasteiger partial charge >= 0.3 is 0 Å². The lowest BCUT2D eigenvalue weighted by molar-refractivity contribution is -0.427. The molecular weight excluding hydrogens is 850 g/mol. The van der Waals surface area contributed by atoms with Gasteiger partial charge in [-0.25, -0.2) is 22.8 Å². The van der Waals surface area contributed by atoms with Crippen LogP contribution in [0.1, 0.15) is 74.7 Å². The molecule has 334 valence electrons. The van der Waals surface area contributed by atoms with Crippen molar-refractivity contribution in [3.8, 4) is 5.69 Å². The van der Waals surface area contributed by atoms with Crippen LogP contribution in [0.15, 0.2) is 95.7 Å².